The average Bonchev–Trinajstić information content (AvgIpc) is 3.02. The predicted octanol–water partition coefficient (Wildman–Crippen LogP) is 2.01. The molecule has 1 atom stereocenters. The first-order valence-corrected chi connectivity index (χ1v) is 9.60. The minimum Gasteiger partial charge on any atom is -0.374 e. The van der Waals surface area contributed by atoms with E-state index in [1.807, 2.05) is 20.8 Å². The molecule has 0 aliphatic carbocycles. The minimum absolute atomic E-state index is 0.328. The Balaban J connectivity index is 2.05. The average molecular weight is 332 g/mol. The summed E-state index contributed by atoms with van der Waals surface area (Å²) in [4.78, 5) is 1.07. The van der Waals surface area contributed by atoms with Crippen LogP contribution in [0.4, 0.5) is 0 Å². The summed E-state index contributed by atoms with van der Waals surface area (Å²) in [7, 11) is -3.45. The summed E-state index contributed by atoms with van der Waals surface area (Å²) in [5.41, 5.74) is 0.649. The summed E-state index contributed by atoms with van der Waals surface area (Å²) in [5, 5.41) is 3.23. The van der Waals surface area contributed by atoms with Crippen molar-refractivity contribution >= 4 is 21.4 Å². The van der Waals surface area contributed by atoms with Gasteiger partial charge >= 0.3 is 0 Å². The van der Waals surface area contributed by atoms with Crippen molar-refractivity contribution in [3.63, 3.8) is 0 Å². The zero-order chi connectivity index (χ0) is 15.5. The summed E-state index contributed by atoms with van der Waals surface area (Å²) in [6, 6.07) is 1.75. The first-order chi connectivity index (χ1) is 9.86. The third-order valence-corrected chi connectivity index (χ3v) is 6.85. The van der Waals surface area contributed by atoms with Crippen molar-refractivity contribution in [2.75, 3.05) is 19.7 Å². The summed E-state index contributed by atoms with van der Waals surface area (Å²) in [6.07, 6.45) is 1.88. The van der Waals surface area contributed by atoms with Gasteiger partial charge in [-0.15, -0.1) is 11.3 Å². The Labute approximate surface area is 131 Å². The first-order valence-electron chi connectivity index (χ1n) is 7.30. The van der Waals surface area contributed by atoms with Crippen LogP contribution in [0.15, 0.2) is 10.3 Å². The third-order valence-electron chi connectivity index (χ3n) is 3.74. The van der Waals surface area contributed by atoms with Gasteiger partial charge in [-0.05, 0) is 44.9 Å². The van der Waals surface area contributed by atoms with Crippen LogP contribution >= 0.6 is 11.3 Å². The molecule has 1 fully saturated rings. The molecular weight excluding hydrogens is 308 g/mol. The van der Waals surface area contributed by atoms with E-state index in [0.717, 1.165) is 29.8 Å². The Hall–Kier alpha value is -0.470. The van der Waals surface area contributed by atoms with Crippen molar-refractivity contribution < 1.29 is 13.2 Å². The van der Waals surface area contributed by atoms with Gasteiger partial charge in [0.25, 0.3) is 0 Å². The smallest absolute Gasteiger partial charge is 0.250 e. The predicted molar refractivity (Wildman–Crippen MR) is 85.2 cm³/mol. The fourth-order valence-electron chi connectivity index (χ4n) is 2.33. The van der Waals surface area contributed by atoms with E-state index in [4.69, 9.17) is 4.74 Å². The van der Waals surface area contributed by atoms with Crippen LogP contribution in [0.2, 0.25) is 0 Å². The van der Waals surface area contributed by atoms with Crippen LogP contribution in [-0.4, -0.2) is 33.7 Å². The molecule has 0 aromatic carbocycles. The van der Waals surface area contributed by atoms with Crippen LogP contribution in [0, 0.1) is 6.92 Å². The molecule has 1 unspecified atom stereocenters. The van der Waals surface area contributed by atoms with E-state index in [0.29, 0.717) is 23.9 Å². The molecule has 1 saturated heterocycles. The number of hydrogen-bond donors (Lipinski definition) is 2. The lowest BCUT2D eigenvalue weighted by molar-refractivity contribution is 0.0250. The molecule has 0 radical (unpaired) electrons. The molecule has 2 rings (SSSR count). The van der Waals surface area contributed by atoms with Gasteiger partial charge in [0.15, 0.2) is 0 Å². The molecule has 0 spiro atoms. The molecule has 1 aliphatic heterocycles. The van der Waals surface area contributed by atoms with Gasteiger partial charge in [0.05, 0.1) is 5.60 Å². The molecule has 5 nitrogen and oxygen atoms in total. The summed E-state index contributed by atoms with van der Waals surface area (Å²) in [5.74, 6) is 0. The second-order valence-electron chi connectivity index (χ2n) is 5.68. The molecule has 21 heavy (non-hydrogen) atoms. The monoisotopic (exact) mass is 332 g/mol. The topological polar surface area (TPSA) is 67.4 Å². The maximum Gasteiger partial charge on any atom is 0.250 e. The zero-order valence-corrected chi connectivity index (χ0v) is 14.5. The van der Waals surface area contributed by atoms with Gasteiger partial charge in [0.2, 0.25) is 10.0 Å². The van der Waals surface area contributed by atoms with E-state index in [2.05, 4.69) is 10.0 Å². The maximum absolute atomic E-state index is 12.4. The fourth-order valence-corrected chi connectivity index (χ4v) is 5.09. The Kier molecular flexibility index (Phi) is 5.43. The van der Waals surface area contributed by atoms with E-state index in [1.165, 1.54) is 11.3 Å². The SMILES string of the molecule is CCNCc1sc(S(=O)(=O)NCC2(C)CCCO2)cc1C. The van der Waals surface area contributed by atoms with E-state index in [-0.39, 0.29) is 5.60 Å². The maximum atomic E-state index is 12.4. The standard InChI is InChI=1S/C14H24N2O3S2/c1-4-15-9-12-11(2)8-13(20-12)21(17,18)16-10-14(3)6-5-7-19-14/h8,15-16H,4-7,9-10H2,1-3H3. The van der Waals surface area contributed by atoms with E-state index >= 15 is 0 Å². The minimum atomic E-state index is -3.45. The van der Waals surface area contributed by atoms with Crippen LogP contribution in [0.3, 0.4) is 0 Å². The van der Waals surface area contributed by atoms with Crippen molar-refractivity contribution in [2.45, 2.75) is 50.0 Å². The van der Waals surface area contributed by atoms with Crippen molar-refractivity contribution in [3.05, 3.63) is 16.5 Å². The lowest BCUT2D eigenvalue weighted by atomic mass is 10.0. The summed E-state index contributed by atoms with van der Waals surface area (Å²) in [6.45, 7) is 8.56. The number of aryl methyl sites for hydroxylation is 1. The number of hydrogen-bond acceptors (Lipinski definition) is 5. The molecule has 0 saturated carbocycles. The second kappa shape index (κ2) is 6.75. The van der Waals surface area contributed by atoms with Gasteiger partial charge in [0, 0.05) is 24.6 Å². The van der Waals surface area contributed by atoms with Crippen molar-refractivity contribution in [1.82, 2.24) is 10.0 Å². The van der Waals surface area contributed by atoms with Crippen molar-refractivity contribution in [3.8, 4) is 0 Å². The molecule has 0 amide bonds. The fraction of sp³-hybridized carbons (Fsp3) is 0.714. The Morgan fingerprint density at radius 2 is 2.24 bits per heavy atom. The quantitative estimate of drug-likeness (QED) is 0.801. The van der Waals surface area contributed by atoms with E-state index in [1.54, 1.807) is 6.07 Å². The van der Waals surface area contributed by atoms with Crippen LogP contribution < -0.4 is 10.0 Å². The van der Waals surface area contributed by atoms with Gasteiger partial charge in [0.1, 0.15) is 4.21 Å². The zero-order valence-electron chi connectivity index (χ0n) is 12.9. The Morgan fingerprint density at radius 3 is 2.86 bits per heavy atom. The first kappa shape index (κ1) is 16.9. The van der Waals surface area contributed by atoms with E-state index in [9.17, 15) is 8.42 Å². The van der Waals surface area contributed by atoms with Crippen LogP contribution in [0.1, 0.15) is 37.1 Å². The third kappa shape index (κ3) is 4.26. The summed E-state index contributed by atoms with van der Waals surface area (Å²) < 4.78 is 33.5. The molecule has 2 N–H and O–H groups in total. The second-order valence-corrected chi connectivity index (χ2v) is 8.81. The van der Waals surface area contributed by atoms with Gasteiger partial charge in [-0.1, -0.05) is 6.92 Å². The lowest BCUT2D eigenvalue weighted by Gasteiger charge is -2.22. The molecule has 2 heterocycles. The lowest BCUT2D eigenvalue weighted by Crippen LogP contribution is -2.39. The highest BCUT2D eigenvalue weighted by molar-refractivity contribution is 7.91. The molecule has 1 aromatic heterocycles. The number of nitrogens with one attached hydrogen (secondary N) is 2. The molecule has 120 valence electrons. The van der Waals surface area contributed by atoms with Gasteiger partial charge in [-0.25, -0.2) is 13.1 Å². The highest BCUT2D eigenvalue weighted by Gasteiger charge is 2.31. The van der Waals surface area contributed by atoms with Gasteiger partial charge < -0.3 is 10.1 Å². The summed E-state index contributed by atoms with van der Waals surface area (Å²) >= 11 is 1.33. The molecule has 7 heteroatoms. The molecule has 1 aliphatic rings. The Bertz CT molecular complexity index is 575. The molecular formula is C14H24N2O3S2. The number of thiophene rings is 1. The van der Waals surface area contributed by atoms with Crippen LogP contribution in [0.25, 0.3) is 0 Å². The molecule has 0 bridgehead atoms. The van der Waals surface area contributed by atoms with Crippen molar-refractivity contribution in [2.24, 2.45) is 0 Å². The highest BCUT2D eigenvalue weighted by Crippen LogP contribution is 2.28. The Morgan fingerprint density at radius 1 is 1.48 bits per heavy atom. The largest absolute Gasteiger partial charge is 0.374 e. The number of ether oxygens (including phenoxy) is 1. The van der Waals surface area contributed by atoms with Crippen LogP contribution in [0.5, 0.6) is 0 Å². The van der Waals surface area contributed by atoms with E-state index < -0.39 is 10.0 Å². The van der Waals surface area contributed by atoms with Crippen LogP contribution in [-0.2, 0) is 21.3 Å². The molecule has 1 aromatic rings. The number of sulfonamides is 1. The van der Waals surface area contributed by atoms with Crippen molar-refractivity contribution in [1.29, 1.82) is 0 Å². The van der Waals surface area contributed by atoms with Gasteiger partial charge in [-0.2, -0.15) is 0 Å². The number of rotatable bonds is 7. The highest BCUT2D eigenvalue weighted by atomic mass is 32.2. The normalized spacial score (nSPS) is 22.8. The van der Waals surface area contributed by atoms with Gasteiger partial charge in [-0.3, -0.25) is 0 Å².